The molecule has 1 fully saturated rings. The van der Waals surface area contributed by atoms with Gasteiger partial charge in [-0.05, 0) is 28.8 Å². The van der Waals surface area contributed by atoms with Crippen LogP contribution in [0, 0.1) is 0 Å². The normalized spacial score (nSPS) is 18.6. The van der Waals surface area contributed by atoms with Gasteiger partial charge >= 0.3 is 0 Å². The average Bonchev–Trinajstić information content (AvgIpc) is 3.76. The molecule has 4 atom stereocenters. The number of hydrogen-bond donors (Lipinski definition) is 2. The highest BCUT2D eigenvalue weighted by molar-refractivity contribution is 7.86. The zero-order chi connectivity index (χ0) is 28.0. The lowest BCUT2D eigenvalue weighted by Gasteiger charge is -2.37. The predicted molar refractivity (Wildman–Crippen MR) is 150 cm³/mol. The third-order valence-electron chi connectivity index (χ3n) is 7.04. The van der Waals surface area contributed by atoms with Gasteiger partial charge in [0.1, 0.15) is 17.8 Å². The molecular formula is C32H32O7S. The van der Waals surface area contributed by atoms with E-state index < -0.39 is 40.1 Å². The molecule has 7 nitrogen and oxygen atoms in total. The summed E-state index contributed by atoms with van der Waals surface area (Å²) >= 11 is 0. The van der Waals surface area contributed by atoms with Crippen LogP contribution >= 0.6 is 0 Å². The fourth-order valence-corrected chi connectivity index (χ4v) is 5.77. The van der Waals surface area contributed by atoms with Gasteiger partial charge in [-0.3, -0.25) is 4.18 Å². The van der Waals surface area contributed by atoms with Crippen molar-refractivity contribution in [1.82, 2.24) is 0 Å². The molecule has 2 N–H and O–H groups in total. The Morgan fingerprint density at radius 2 is 1.12 bits per heavy atom. The number of rotatable bonds is 13. The summed E-state index contributed by atoms with van der Waals surface area (Å²) in [7, 11) is -3.90. The Kier molecular flexibility index (Phi) is 8.75. The van der Waals surface area contributed by atoms with E-state index in [0.717, 1.165) is 16.7 Å². The van der Waals surface area contributed by atoms with Crippen molar-refractivity contribution in [3.63, 3.8) is 0 Å². The maximum Gasteiger partial charge on any atom is 0.297 e. The molecule has 0 unspecified atom stereocenters. The molecule has 0 radical (unpaired) electrons. The van der Waals surface area contributed by atoms with Crippen LogP contribution in [-0.2, 0) is 29.4 Å². The minimum absolute atomic E-state index is 0.0681. The van der Waals surface area contributed by atoms with E-state index in [9.17, 15) is 18.6 Å². The lowest BCUT2D eigenvalue weighted by molar-refractivity contribution is -0.0810. The molecule has 208 valence electrons. The second-order valence-electron chi connectivity index (χ2n) is 9.73. The monoisotopic (exact) mass is 560 g/mol. The molecule has 1 aliphatic heterocycles. The fraction of sp³-hybridized carbons (Fsp3) is 0.250. The molecule has 5 rings (SSSR count). The Hall–Kier alpha value is -3.37. The van der Waals surface area contributed by atoms with Crippen LogP contribution in [-0.4, -0.2) is 56.3 Å². The lowest BCUT2D eigenvalue weighted by atomic mass is 9.80. The summed E-state index contributed by atoms with van der Waals surface area (Å²) < 4.78 is 41.9. The molecule has 0 spiro atoms. The fourth-order valence-electron chi connectivity index (χ4n) is 4.83. The third kappa shape index (κ3) is 6.33. The zero-order valence-corrected chi connectivity index (χ0v) is 22.6. The summed E-state index contributed by atoms with van der Waals surface area (Å²) in [6.45, 7) is -0.323. The summed E-state index contributed by atoms with van der Waals surface area (Å²) in [4.78, 5) is 0.0681. The van der Waals surface area contributed by atoms with Gasteiger partial charge in [0.25, 0.3) is 10.1 Å². The number of aliphatic hydroxyl groups is 2. The molecule has 0 amide bonds. The molecule has 0 bridgehead atoms. The van der Waals surface area contributed by atoms with E-state index in [1.165, 1.54) is 12.1 Å². The first-order valence-electron chi connectivity index (χ1n) is 13.2. The minimum atomic E-state index is -3.90. The van der Waals surface area contributed by atoms with Gasteiger partial charge in [-0.15, -0.1) is 0 Å². The molecule has 0 aromatic heterocycles. The first-order valence-corrected chi connectivity index (χ1v) is 14.6. The largest absolute Gasteiger partial charge is 0.390 e. The predicted octanol–water partition coefficient (Wildman–Crippen LogP) is 4.28. The van der Waals surface area contributed by atoms with Gasteiger partial charge < -0.3 is 19.7 Å². The molecule has 0 saturated carbocycles. The van der Waals surface area contributed by atoms with Crippen LogP contribution in [0.2, 0.25) is 0 Å². The Balaban J connectivity index is 1.25. The molecular weight excluding hydrogens is 528 g/mol. The van der Waals surface area contributed by atoms with Gasteiger partial charge in [-0.2, -0.15) is 8.42 Å². The van der Waals surface area contributed by atoms with Crippen LogP contribution in [0.4, 0.5) is 0 Å². The molecule has 40 heavy (non-hydrogen) atoms. The highest BCUT2D eigenvalue weighted by Gasteiger charge is 2.43. The van der Waals surface area contributed by atoms with Crippen molar-refractivity contribution in [3.8, 4) is 0 Å². The second kappa shape index (κ2) is 12.4. The van der Waals surface area contributed by atoms with Gasteiger partial charge in [-0.1, -0.05) is 109 Å². The van der Waals surface area contributed by atoms with Crippen molar-refractivity contribution in [3.05, 3.63) is 138 Å². The summed E-state index contributed by atoms with van der Waals surface area (Å²) in [5.41, 5.74) is 1.63. The third-order valence-corrected chi connectivity index (χ3v) is 8.33. The molecule has 8 heteroatoms. The molecule has 4 aromatic rings. The summed E-state index contributed by atoms with van der Waals surface area (Å²) in [6, 6.07) is 37.2. The van der Waals surface area contributed by atoms with Crippen LogP contribution in [0.25, 0.3) is 0 Å². The number of aliphatic hydroxyl groups excluding tert-OH is 2. The quantitative estimate of drug-likeness (QED) is 0.143. The minimum Gasteiger partial charge on any atom is -0.390 e. The van der Waals surface area contributed by atoms with Crippen molar-refractivity contribution in [2.24, 2.45) is 0 Å². The molecule has 1 saturated heterocycles. The van der Waals surface area contributed by atoms with Crippen molar-refractivity contribution in [2.45, 2.75) is 41.3 Å². The van der Waals surface area contributed by atoms with E-state index in [1.54, 1.807) is 18.2 Å². The first kappa shape index (κ1) is 28.2. The van der Waals surface area contributed by atoms with Crippen LogP contribution in [0.5, 0.6) is 0 Å². The number of epoxide rings is 1. The number of benzene rings is 4. The Labute approximate surface area is 234 Å². The van der Waals surface area contributed by atoms with Crippen LogP contribution < -0.4 is 0 Å². The molecule has 1 heterocycles. The summed E-state index contributed by atoms with van der Waals surface area (Å²) in [5.74, 6) is 0. The topological polar surface area (TPSA) is 106 Å². The van der Waals surface area contributed by atoms with Crippen molar-refractivity contribution < 1.29 is 32.3 Å². The smallest absolute Gasteiger partial charge is 0.297 e. The van der Waals surface area contributed by atoms with Gasteiger partial charge in [0.2, 0.25) is 0 Å². The van der Waals surface area contributed by atoms with Gasteiger partial charge in [0, 0.05) is 6.42 Å². The van der Waals surface area contributed by atoms with E-state index >= 15 is 0 Å². The molecule has 4 aromatic carbocycles. The maximum atomic E-state index is 12.3. The van der Waals surface area contributed by atoms with E-state index in [4.69, 9.17) is 13.7 Å². The van der Waals surface area contributed by atoms with Crippen molar-refractivity contribution in [2.75, 3.05) is 13.2 Å². The van der Waals surface area contributed by atoms with E-state index in [2.05, 4.69) is 0 Å². The number of hydrogen-bond acceptors (Lipinski definition) is 7. The maximum absolute atomic E-state index is 12.3. The lowest BCUT2D eigenvalue weighted by Crippen LogP contribution is -2.39. The Morgan fingerprint density at radius 1 is 0.675 bits per heavy atom. The van der Waals surface area contributed by atoms with E-state index in [0.29, 0.717) is 0 Å². The van der Waals surface area contributed by atoms with Crippen molar-refractivity contribution in [1.29, 1.82) is 0 Å². The Bertz CT molecular complexity index is 1350. The highest BCUT2D eigenvalue weighted by Crippen LogP contribution is 2.40. The van der Waals surface area contributed by atoms with Crippen molar-refractivity contribution >= 4 is 10.1 Å². The van der Waals surface area contributed by atoms with Crippen LogP contribution in [0.3, 0.4) is 0 Å². The van der Waals surface area contributed by atoms with E-state index in [1.807, 2.05) is 91.0 Å². The molecule has 0 aliphatic carbocycles. The van der Waals surface area contributed by atoms with E-state index in [-0.39, 0.29) is 24.5 Å². The first-order chi connectivity index (χ1) is 19.4. The number of ether oxygens (including phenoxy) is 2. The average molecular weight is 561 g/mol. The SMILES string of the molecule is O=S(=O)(OC[C@H]1O[C@@H]1C[C@H](O)[C@@H](O)COC(c1ccccc1)(c1ccccc1)c1ccccc1)c1ccccc1. The standard InChI is InChI=1S/C32H32O7S/c33-28(21-30-31(39-30)23-38-40(35,36)27-19-11-4-12-20-27)29(34)22-37-32(24-13-5-1-6-14-24,25-15-7-2-8-16-25)26-17-9-3-10-18-26/h1-20,28-31,33-34H,21-23H2/t28-,29-,30+,31+/m0/s1. The Morgan fingerprint density at radius 3 is 1.60 bits per heavy atom. The summed E-state index contributed by atoms with van der Waals surface area (Å²) in [6.07, 6.45) is -3.18. The molecule has 1 aliphatic rings. The summed E-state index contributed by atoms with van der Waals surface area (Å²) in [5, 5.41) is 21.7. The second-order valence-corrected chi connectivity index (χ2v) is 11.3. The highest BCUT2D eigenvalue weighted by atomic mass is 32.2. The van der Waals surface area contributed by atoms with Gasteiger partial charge in [0.15, 0.2) is 0 Å². The van der Waals surface area contributed by atoms with Gasteiger partial charge in [-0.25, -0.2) is 0 Å². The zero-order valence-electron chi connectivity index (χ0n) is 21.8. The van der Waals surface area contributed by atoms with Gasteiger partial charge in [0.05, 0.1) is 30.3 Å². The van der Waals surface area contributed by atoms with Crippen LogP contribution in [0.15, 0.2) is 126 Å². The van der Waals surface area contributed by atoms with Crippen LogP contribution in [0.1, 0.15) is 23.1 Å².